The van der Waals surface area contributed by atoms with Crippen molar-refractivity contribution in [2.75, 3.05) is 0 Å². The van der Waals surface area contributed by atoms with Gasteiger partial charge in [-0.1, -0.05) is 25.1 Å². The van der Waals surface area contributed by atoms with Gasteiger partial charge < -0.3 is 0 Å². The van der Waals surface area contributed by atoms with E-state index in [-0.39, 0.29) is 0 Å². The first-order valence-corrected chi connectivity index (χ1v) is 6.82. The molecule has 1 saturated carbocycles. The average Bonchev–Trinajstić information content (AvgIpc) is 2.56. The fourth-order valence-corrected chi connectivity index (χ4v) is 3.49. The van der Waals surface area contributed by atoms with Crippen LogP contribution in [0.3, 0.4) is 0 Å². The van der Waals surface area contributed by atoms with Gasteiger partial charge >= 0.3 is 0 Å². The quantitative estimate of drug-likeness (QED) is 0.635. The monoisotopic (exact) mass is 228 g/mol. The molecule has 3 aliphatic rings. The molecule has 0 radical (unpaired) electrons. The Morgan fingerprint density at radius 1 is 0.941 bits per heavy atom. The van der Waals surface area contributed by atoms with Crippen LogP contribution < -0.4 is 0 Å². The Kier molecular flexibility index (Phi) is 2.39. The highest BCUT2D eigenvalue weighted by atomic mass is 15.1. The predicted octanol–water partition coefficient (Wildman–Crippen LogP) is 4.14. The maximum Gasteiger partial charge on any atom is 0.205 e. The van der Waals surface area contributed by atoms with Crippen molar-refractivity contribution >= 4 is 11.9 Å². The van der Waals surface area contributed by atoms with Gasteiger partial charge in [0.2, 0.25) is 5.69 Å². The summed E-state index contributed by atoms with van der Waals surface area (Å²) in [5.41, 5.74) is 2.13. The first kappa shape index (κ1) is 11.0. The summed E-state index contributed by atoms with van der Waals surface area (Å²) in [7, 11) is 0. The van der Waals surface area contributed by atoms with E-state index in [1.807, 2.05) is 0 Å². The topological polar surface area (TPSA) is 3.01 Å². The second-order valence-electron chi connectivity index (χ2n) is 6.34. The molecule has 0 saturated heterocycles. The largest absolute Gasteiger partial charge is 0.205 e. The van der Waals surface area contributed by atoms with Crippen LogP contribution in [-0.2, 0) is 0 Å². The van der Waals surface area contributed by atoms with E-state index >= 15 is 0 Å². The number of hydrogen-bond donors (Lipinski definition) is 0. The van der Waals surface area contributed by atoms with Crippen molar-refractivity contribution in [1.82, 2.24) is 0 Å². The maximum atomic E-state index is 2.56. The minimum absolute atomic E-state index is 0.345. The Balaban J connectivity index is 2.11. The van der Waals surface area contributed by atoms with Crippen molar-refractivity contribution in [1.29, 1.82) is 0 Å². The van der Waals surface area contributed by atoms with E-state index in [0.29, 0.717) is 11.0 Å². The summed E-state index contributed by atoms with van der Waals surface area (Å²) >= 11 is 0. The zero-order valence-corrected chi connectivity index (χ0v) is 10.9. The highest BCUT2D eigenvalue weighted by Gasteiger charge is 2.48. The van der Waals surface area contributed by atoms with Gasteiger partial charge in [0.15, 0.2) is 11.8 Å². The van der Waals surface area contributed by atoms with Crippen LogP contribution in [0.25, 0.3) is 0 Å². The van der Waals surface area contributed by atoms with Gasteiger partial charge in [-0.25, -0.2) is 0 Å². The van der Waals surface area contributed by atoms with Crippen LogP contribution in [0.2, 0.25) is 0 Å². The molecule has 2 aliphatic heterocycles. The summed E-state index contributed by atoms with van der Waals surface area (Å²) in [5, 5.41) is 0. The summed E-state index contributed by atoms with van der Waals surface area (Å²) in [6.07, 6.45) is 9.24. The van der Waals surface area contributed by atoms with Gasteiger partial charge in [-0.15, -0.1) is 0 Å². The molecule has 2 atom stereocenters. The van der Waals surface area contributed by atoms with Gasteiger partial charge in [0.25, 0.3) is 0 Å². The minimum Gasteiger partial charge on any atom is -0.197 e. The Labute approximate surface area is 104 Å². The van der Waals surface area contributed by atoms with Gasteiger partial charge in [-0.05, 0) is 19.3 Å². The van der Waals surface area contributed by atoms with E-state index in [1.165, 1.54) is 37.8 Å². The SMILES string of the molecule is CC12C=[N+](c3ccccc3)C(C)(CCC1)CC2. The van der Waals surface area contributed by atoms with Crippen molar-refractivity contribution in [3.8, 4) is 0 Å². The Morgan fingerprint density at radius 3 is 2.47 bits per heavy atom. The molecule has 90 valence electrons. The normalized spacial score (nSPS) is 36.5. The van der Waals surface area contributed by atoms with Crippen molar-refractivity contribution in [2.45, 2.75) is 51.5 Å². The van der Waals surface area contributed by atoms with Crippen LogP contribution in [0.1, 0.15) is 46.0 Å². The summed E-state index contributed by atoms with van der Waals surface area (Å²) in [6, 6.07) is 10.9. The van der Waals surface area contributed by atoms with E-state index in [9.17, 15) is 0 Å². The Hall–Kier alpha value is -1.11. The molecule has 2 unspecified atom stereocenters. The molecule has 0 spiro atoms. The smallest absolute Gasteiger partial charge is 0.197 e. The van der Waals surface area contributed by atoms with Crippen LogP contribution in [0.5, 0.6) is 0 Å². The standard InChI is InChI=1S/C16H22N/c1-15-9-6-10-16(2,12-11-15)17(13-15)14-7-4-3-5-8-14/h3-5,7-8,13H,6,9-12H2,1-2H3/q+1. The van der Waals surface area contributed by atoms with E-state index in [1.54, 1.807) is 0 Å². The Bertz CT molecular complexity index is 448. The molecular weight excluding hydrogens is 206 g/mol. The van der Waals surface area contributed by atoms with Crippen molar-refractivity contribution in [3.05, 3.63) is 30.3 Å². The molecular formula is C16H22N+. The summed E-state index contributed by atoms with van der Waals surface area (Å²) in [4.78, 5) is 0. The van der Waals surface area contributed by atoms with Gasteiger partial charge in [-0.3, -0.25) is 0 Å². The zero-order chi connectivity index (χ0) is 11.9. The van der Waals surface area contributed by atoms with Crippen LogP contribution in [-0.4, -0.2) is 16.3 Å². The summed E-state index contributed by atoms with van der Waals surface area (Å²) in [5.74, 6) is 0. The lowest BCUT2D eigenvalue weighted by Crippen LogP contribution is -2.42. The van der Waals surface area contributed by atoms with E-state index in [2.05, 4.69) is 55.0 Å². The van der Waals surface area contributed by atoms with E-state index < -0.39 is 0 Å². The van der Waals surface area contributed by atoms with Crippen LogP contribution in [0.15, 0.2) is 30.3 Å². The van der Waals surface area contributed by atoms with Crippen LogP contribution in [0.4, 0.5) is 5.69 Å². The molecule has 2 heterocycles. The maximum absolute atomic E-state index is 2.56. The van der Waals surface area contributed by atoms with Gasteiger partial charge in [-0.2, -0.15) is 4.58 Å². The summed E-state index contributed by atoms with van der Waals surface area (Å²) < 4.78 is 2.56. The molecule has 0 aromatic heterocycles. The zero-order valence-electron chi connectivity index (χ0n) is 10.9. The average molecular weight is 228 g/mol. The van der Waals surface area contributed by atoms with Gasteiger partial charge in [0, 0.05) is 37.3 Å². The van der Waals surface area contributed by atoms with Crippen molar-refractivity contribution in [2.24, 2.45) is 5.41 Å². The molecule has 2 bridgehead atoms. The van der Waals surface area contributed by atoms with Crippen molar-refractivity contribution < 1.29 is 4.58 Å². The van der Waals surface area contributed by atoms with Gasteiger partial charge in [0.05, 0.1) is 0 Å². The molecule has 1 heteroatoms. The molecule has 0 amide bonds. The van der Waals surface area contributed by atoms with E-state index in [0.717, 1.165) is 0 Å². The highest BCUT2D eigenvalue weighted by Crippen LogP contribution is 2.45. The number of benzene rings is 1. The summed E-state index contributed by atoms with van der Waals surface area (Å²) in [6.45, 7) is 4.86. The number of para-hydroxylation sites is 1. The lowest BCUT2D eigenvalue weighted by atomic mass is 9.79. The third kappa shape index (κ3) is 1.82. The van der Waals surface area contributed by atoms with Crippen LogP contribution >= 0.6 is 0 Å². The number of fused-ring (bicyclic) bond motifs is 3. The van der Waals surface area contributed by atoms with Crippen molar-refractivity contribution in [3.63, 3.8) is 0 Å². The van der Waals surface area contributed by atoms with Gasteiger partial charge in [0.1, 0.15) is 0 Å². The second kappa shape index (κ2) is 3.69. The lowest BCUT2D eigenvalue weighted by Gasteiger charge is -2.32. The minimum atomic E-state index is 0.345. The van der Waals surface area contributed by atoms with Crippen LogP contribution in [0, 0.1) is 5.41 Å². The first-order valence-electron chi connectivity index (χ1n) is 6.82. The third-order valence-electron chi connectivity index (χ3n) is 4.75. The molecule has 1 fully saturated rings. The number of nitrogens with zero attached hydrogens (tertiary/aromatic N) is 1. The highest BCUT2D eigenvalue weighted by molar-refractivity contribution is 5.63. The lowest BCUT2D eigenvalue weighted by molar-refractivity contribution is -0.535. The molecule has 0 N–H and O–H groups in total. The number of rotatable bonds is 1. The molecule has 1 nitrogen and oxygen atoms in total. The first-order chi connectivity index (χ1) is 8.11. The molecule has 1 aromatic rings. The molecule has 1 aliphatic carbocycles. The fraction of sp³-hybridized carbons (Fsp3) is 0.562. The third-order valence-corrected chi connectivity index (χ3v) is 4.75. The second-order valence-corrected chi connectivity index (χ2v) is 6.34. The fourth-order valence-electron chi connectivity index (χ4n) is 3.49. The predicted molar refractivity (Wildman–Crippen MR) is 72.0 cm³/mol. The number of hydrogen-bond acceptors (Lipinski definition) is 0. The molecule has 1 aromatic carbocycles. The van der Waals surface area contributed by atoms with E-state index in [4.69, 9.17) is 0 Å². The molecule has 4 rings (SSSR count). The Morgan fingerprint density at radius 2 is 1.71 bits per heavy atom. The molecule has 17 heavy (non-hydrogen) atoms.